The summed E-state index contributed by atoms with van der Waals surface area (Å²) < 4.78 is 15.6. The van der Waals surface area contributed by atoms with Crippen LogP contribution in [0.1, 0.15) is 37.9 Å². The number of rotatable bonds is 7. The fourth-order valence-corrected chi connectivity index (χ4v) is 8.85. The summed E-state index contributed by atoms with van der Waals surface area (Å²) in [5, 5.41) is 6.28. The fourth-order valence-electron chi connectivity index (χ4n) is 5.08. The van der Waals surface area contributed by atoms with Crippen LogP contribution >= 0.6 is 7.92 Å². The molecule has 2 atom stereocenters. The lowest BCUT2D eigenvalue weighted by Crippen LogP contribution is -2.39. The zero-order chi connectivity index (χ0) is 26.7. The maximum atomic E-state index is 14.0. The van der Waals surface area contributed by atoms with Crippen LogP contribution in [0.4, 0.5) is 0 Å². The molecule has 0 bridgehead atoms. The van der Waals surface area contributed by atoms with E-state index in [4.69, 9.17) is 0 Å². The minimum atomic E-state index is -1.23. The second-order valence-corrected chi connectivity index (χ2v) is 14.9. The van der Waals surface area contributed by atoms with Gasteiger partial charge in [-0.05, 0) is 66.5 Å². The molecule has 0 fully saturated rings. The molecule has 0 heterocycles. The first-order valence-corrected chi connectivity index (χ1v) is 15.4. The van der Waals surface area contributed by atoms with Crippen LogP contribution in [0, 0.1) is 0 Å². The predicted octanol–water partition coefficient (Wildman–Crippen LogP) is 7.08. The largest absolute Gasteiger partial charge is 0.242 e. The number of fused-ring (bicyclic) bond motifs is 1. The lowest BCUT2D eigenvalue weighted by molar-refractivity contribution is 0.443. The van der Waals surface area contributed by atoms with E-state index in [9.17, 15) is 4.21 Å². The average Bonchev–Trinajstić information content (AvgIpc) is 2.94. The molecule has 0 aromatic heterocycles. The monoisotopic (exact) mass is 535 g/mol. The summed E-state index contributed by atoms with van der Waals surface area (Å²) in [6, 6.07) is 45.2. The van der Waals surface area contributed by atoms with Gasteiger partial charge in [0.1, 0.15) is 11.0 Å². The van der Waals surface area contributed by atoms with Gasteiger partial charge in [0.2, 0.25) is 0 Å². The van der Waals surface area contributed by atoms with Crippen molar-refractivity contribution >= 4 is 45.6 Å². The first-order valence-electron chi connectivity index (χ1n) is 13.0. The highest BCUT2D eigenvalue weighted by atomic mass is 32.2. The van der Waals surface area contributed by atoms with Crippen molar-refractivity contribution in [3.8, 4) is 0 Å². The molecule has 0 aliphatic heterocycles. The Hall–Kier alpha value is -3.10. The smallest absolute Gasteiger partial charge is 0.100 e. The molecule has 0 aliphatic rings. The third-order valence-electron chi connectivity index (χ3n) is 6.77. The molecule has 0 saturated heterocycles. The van der Waals surface area contributed by atoms with Crippen molar-refractivity contribution in [2.75, 3.05) is 7.05 Å². The van der Waals surface area contributed by atoms with Gasteiger partial charge in [-0.15, -0.1) is 0 Å². The van der Waals surface area contributed by atoms with E-state index >= 15 is 0 Å². The highest BCUT2D eigenvalue weighted by Crippen LogP contribution is 2.41. The maximum Gasteiger partial charge on any atom is 0.100 e. The summed E-state index contributed by atoms with van der Waals surface area (Å²) in [5.74, 6) is 0. The maximum absolute atomic E-state index is 14.0. The van der Waals surface area contributed by atoms with E-state index < -0.39 is 23.7 Å². The molecule has 0 spiro atoms. The lowest BCUT2D eigenvalue weighted by atomic mass is 9.94. The minimum absolute atomic E-state index is 0.185. The summed E-state index contributed by atoms with van der Waals surface area (Å²) in [5.41, 5.74) is 2.37. The predicted molar refractivity (Wildman–Crippen MR) is 167 cm³/mol. The standard InChI is InChI=1S/C34H34NOPS/c1-34(2,3)38(36)35(4)33(30-24-15-17-26-16-11-12-22-29(26)30)31-23-13-14-25-32(31)37(27-18-7-5-8-19-27)28-20-9-6-10-21-28/h5-25,33H,1-4H3/t33-,38+/m1/s1. The molecule has 5 rings (SSSR count). The Bertz CT molecular complexity index is 1500. The Kier molecular flexibility index (Phi) is 7.91. The fraction of sp³-hybridized carbons (Fsp3) is 0.176. The van der Waals surface area contributed by atoms with Gasteiger partial charge in [-0.1, -0.05) is 127 Å². The van der Waals surface area contributed by atoms with Gasteiger partial charge in [0, 0.05) is 7.05 Å². The van der Waals surface area contributed by atoms with E-state index in [1.54, 1.807) is 0 Å². The number of benzene rings is 5. The molecule has 0 N–H and O–H groups in total. The van der Waals surface area contributed by atoms with Gasteiger partial charge in [0.05, 0.1) is 10.8 Å². The van der Waals surface area contributed by atoms with Gasteiger partial charge in [-0.2, -0.15) is 0 Å². The molecule has 192 valence electrons. The minimum Gasteiger partial charge on any atom is -0.242 e. The highest BCUT2D eigenvalue weighted by Gasteiger charge is 2.34. The number of hydrogen-bond acceptors (Lipinski definition) is 1. The molecule has 0 radical (unpaired) electrons. The van der Waals surface area contributed by atoms with Crippen molar-refractivity contribution in [2.24, 2.45) is 0 Å². The lowest BCUT2D eigenvalue weighted by Gasteiger charge is -2.35. The van der Waals surface area contributed by atoms with Crippen LogP contribution in [-0.2, 0) is 11.0 Å². The van der Waals surface area contributed by atoms with Crippen LogP contribution in [-0.4, -0.2) is 20.3 Å². The summed E-state index contributed by atoms with van der Waals surface area (Å²) in [6.07, 6.45) is 0. The summed E-state index contributed by atoms with van der Waals surface area (Å²) in [7, 11) is -0.0448. The molecule has 2 nitrogen and oxygen atoms in total. The van der Waals surface area contributed by atoms with E-state index in [1.807, 2.05) is 27.8 Å². The zero-order valence-electron chi connectivity index (χ0n) is 22.4. The third-order valence-corrected chi connectivity index (χ3v) is 11.1. The van der Waals surface area contributed by atoms with E-state index in [1.165, 1.54) is 37.8 Å². The van der Waals surface area contributed by atoms with Gasteiger partial charge in [-0.25, -0.2) is 8.51 Å². The van der Waals surface area contributed by atoms with Gasteiger partial charge >= 0.3 is 0 Å². The summed E-state index contributed by atoms with van der Waals surface area (Å²) >= 11 is 0. The van der Waals surface area contributed by atoms with Crippen LogP contribution in [0.15, 0.2) is 127 Å². The van der Waals surface area contributed by atoms with Crippen LogP contribution < -0.4 is 15.9 Å². The molecule has 4 heteroatoms. The molecule has 5 aromatic carbocycles. The topological polar surface area (TPSA) is 20.3 Å². The Labute approximate surface area is 230 Å². The Morgan fingerprint density at radius 2 is 1.13 bits per heavy atom. The van der Waals surface area contributed by atoms with E-state index in [2.05, 4.69) is 132 Å². The second kappa shape index (κ2) is 11.3. The number of nitrogens with zero attached hydrogens (tertiary/aromatic N) is 1. The molecular formula is C34H34NOPS. The van der Waals surface area contributed by atoms with Crippen LogP contribution in [0.2, 0.25) is 0 Å². The quantitative estimate of drug-likeness (QED) is 0.204. The molecule has 5 aromatic rings. The SMILES string of the molecule is CN([C@@H](c1ccccc1P(c1ccccc1)c1ccccc1)c1cccc2ccccc12)[S@@](=O)C(C)(C)C. The first-order chi connectivity index (χ1) is 18.4. The van der Waals surface area contributed by atoms with Crippen LogP contribution in [0.5, 0.6) is 0 Å². The number of hydrogen-bond donors (Lipinski definition) is 0. The normalized spacial score (nSPS) is 13.6. The molecule has 0 unspecified atom stereocenters. The van der Waals surface area contributed by atoms with E-state index in [-0.39, 0.29) is 6.04 Å². The zero-order valence-corrected chi connectivity index (χ0v) is 24.1. The van der Waals surface area contributed by atoms with E-state index in [0.717, 1.165) is 0 Å². The summed E-state index contributed by atoms with van der Waals surface area (Å²) in [4.78, 5) is 0. The molecule has 0 amide bonds. The van der Waals surface area contributed by atoms with E-state index in [0.29, 0.717) is 0 Å². The Morgan fingerprint density at radius 3 is 1.76 bits per heavy atom. The van der Waals surface area contributed by atoms with Gasteiger partial charge in [0.15, 0.2) is 0 Å². The van der Waals surface area contributed by atoms with Crippen LogP contribution in [0.25, 0.3) is 10.8 Å². The van der Waals surface area contributed by atoms with Crippen LogP contribution in [0.3, 0.4) is 0 Å². The van der Waals surface area contributed by atoms with Gasteiger partial charge < -0.3 is 0 Å². The van der Waals surface area contributed by atoms with Crippen molar-refractivity contribution < 1.29 is 4.21 Å². The Balaban J connectivity index is 1.79. The average molecular weight is 536 g/mol. The molecule has 0 saturated carbocycles. The Morgan fingerprint density at radius 1 is 0.632 bits per heavy atom. The first kappa shape index (κ1) is 26.5. The van der Waals surface area contributed by atoms with Crippen molar-refractivity contribution in [1.82, 2.24) is 4.31 Å². The molecular weight excluding hydrogens is 501 g/mol. The molecule has 38 heavy (non-hydrogen) atoms. The molecule has 0 aliphatic carbocycles. The summed E-state index contributed by atoms with van der Waals surface area (Å²) in [6.45, 7) is 6.14. The van der Waals surface area contributed by atoms with Crippen molar-refractivity contribution in [3.63, 3.8) is 0 Å². The van der Waals surface area contributed by atoms with Crippen molar-refractivity contribution in [1.29, 1.82) is 0 Å². The van der Waals surface area contributed by atoms with Gasteiger partial charge in [-0.3, -0.25) is 0 Å². The van der Waals surface area contributed by atoms with Gasteiger partial charge in [0.25, 0.3) is 0 Å². The van der Waals surface area contributed by atoms with Crippen molar-refractivity contribution in [3.05, 3.63) is 139 Å². The second-order valence-electron chi connectivity index (χ2n) is 10.4. The third kappa shape index (κ3) is 5.38. The van der Waals surface area contributed by atoms with Crippen molar-refractivity contribution in [2.45, 2.75) is 31.6 Å². The highest BCUT2D eigenvalue weighted by molar-refractivity contribution is 7.84.